The highest BCUT2D eigenvalue weighted by Gasteiger charge is 2.19. The van der Waals surface area contributed by atoms with Crippen LogP contribution in [-0.2, 0) is 28.6 Å². The summed E-state index contributed by atoms with van der Waals surface area (Å²) in [7, 11) is 0. The van der Waals surface area contributed by atoms with Crippen molar-refractivity contribution in [3.05, 3.63) is 36.5 Å². The van der Waals surface area contributed by atoms with Crippen molar-refractivity contribution in [3.63, 3.8) is 0 Å². The summed E-state index contributed by atoms with van der Waals surface area (Å²) in [6.45, 7) is 6.65. The van der Waals surface area contributed by atoms with Crippen LogP contribution >= 0.6 is 0 Å². The lowest BCUT2D eigenvalue weighted by molar-refractivity contribution is -0.167. The van der Waals surface area contributed by atoms with Gasteiger partial charge in [0.05, 0.1) is 0 Å². The molecule has 0 saturated heterocycles. The Kier molecular flexibility index (Phi) is 66.1. The van der Waals surface area contributed by atoms with Crippen molar-refractivity contribution in [3.8, 4) is 0 Å². The quantitative estimate of drug-likeness (QED) is 0.0261. The van der Waals surface area contributed by atoms with Crippen LogP contribution in [0.2, 0.25) is 0 Å². The Balaban J connectivity index is 4.02. The van der Waals surface area contributed by atoms with E-state index in [0.29, 0.717) is 19.3 Å². The Hall–Kier alpha value is -2.37. The molecule has 0 aromatic rings. The van der Waals surface area contributed by atoms with E-state index in [1.54, 1.807) is 0 Å². The molecule has 0 aromatic heterocycles. The minimum atomic E-state index is -0.767. The maximum Gasteiger partial charge on any atom is 0.306 e. The van der Waals surface area contributed by atoms with Gasteiger partial charge in [0.2, 0.25) is 0 Å². The van der Waals surface area contributed by atoms with Crippen LogP contribution in [0.3, 0.4) is 0 Å². The van der Waals surface area contributed by atoms with E-state index in [9.17, 15) is 14.4 Å². The summed E-state index contributed by atoms with van der Waals surface area (Å²) in [6, 6.07) is 0. The molecule has 6 nitrogen and oxygen atoms in total. The van der Waals surface area contributed by atoms with E-state index >= 15 is 0 Å². The predicted octanol–water partition coefficient (Wildman–Crippen LogP) is 24.3. The zero-order valence-electron chi connectivity index (χ0n) is 53.4. The molecule has 1 unspecified atom stereocenters. The lowest BCUT2D eigenvalue weighted by atomic mass is 10.0. The fourth-order valence-electron chi connectivity index (χ4n) is 10.8. The standard InChI is InChI=1S/C73H136O6/c1-4-7-10-13-16-18-20-22-24-26-28-30-32-34-35-36-37-39-40-42-44-46-48-50-52-54-57-60-63-66-72(75)78-69-70(68-77-71(74)65-62-59-56-15-12-9-6-3)79-73(76)67-64-61-58-55-53-51-49-47-45-43-41-38-33-31-29-27-25-23-21-19-17-14-11-8-5-2/h20,22,26-29,70H,4-19,21,23-25,30-69H2,1-3H3/b22-20-,28-26-,29-27-. The van der Waals surface area contributed by atoms with Gasteiger partial charge in [-0.15, -0.1) is 0 Å². The second kappa shape index (κ2) is 68.1. The lowest BCUT2D eigenvalue weighted by Crippen LogP contribution is -2.30. The number of esters is 3. The van der Waals surface area contributed by atoms with Crippen LogP contribution < -0.4 is 0 Å². The lowest BCUT2D eigenvalue weighted by Gasteiger charge is -2.18. The number of allylic oxidation sites excluding steroid dienone is 6. The van der Waals surface area contributed by atoms with Crippen LogP contribution in [-0.4, -0.2) is 37.2 Å². The van der Waals surface area contributed by atoms with Crippen molar-refractivity contribution in [2.24, 2.45) is 0 Å². The monoisotopic (exact) mass is 1110 g/mol. The molecule has 0 aromatic carbocycles. The fourth-order valence-corrected chi connectivity index (χ4v) is 10.8. The normalized spacial score (nSPS) is 12.2. The highest BCUT2D eigenvalue weighted by molar-refractivity contribution is 5.71. The summed E-state index contributed by atoms with van der Waals surface area (Å²) in [5, 5.41) is 0. The van der Waals surface area contributed by atoms with E-state index in [0.717, 1.165) is 64.2 Å². The molecular formula is C73H136O6. The number of carbonyl (C=O) groups excluding carboxylic acids is 3. The van der Waals surface area contributed by atoms with Crippen molar-refractivity contribution >= 4 is 17.9 Å². The highest BCUT2D eigenvalue weighted by atomic mass is 16.6. The summed E-state index contributed by atoms with van der Waals surface area (Å²) in [4.78, 5) is 38.2. The zero-order chi connectivity index (χ0) is 57.1. The largest absolute Gasteiger partial charge is 0.462 e. The Labute approximate surface area is 493 Å². The third-order valence-corrected chi connectivity index (χ3v) is 16.1. The van der Waals surface area contributed by atoms with E-state index in [-0.39, 0.29) is 31.1 Å². The van der Waals surface area contributed by atoms with Gasteiger partial charge in [0, 0.05) is 19.3 Å². The minimum absolute atomic E-state index is 0.0668. The molecule has 464 valence electrons. The molecule has 0 amide bonds. The smallest absolute Gasteiger partial charge is 0.306 e. The van der Waals surface area contributed by atoms with Gasteiger partial charge in [-0.1, -0.05) is 333 Å². The molecule has 0 saturated carbocycles. The molecule has 0 aliphatic rings. The molecule has 0 spiro atoms. The van der Waals surface area contributed by atoms with Crippen LogP contribution in [0, 0.1) is 0 Å². The number of carbonyl (C=O) groups is 3. The van der Waals surface area contributed by atoms with Gasteiger partial charge < -0.3 is 14.2 Å². The van der Waals surface area contributed by atoms with E-state index in [2.05, 4.69) is 57.2 Å². The van der Waals surface area contributed by atoms with Gasteiger partial charge in [0.25, 0.3) is 0 Å². The third-order valence-electron chi connectivity index (χ3n) is 16.1. The van der Waals surface area contributed by atoms with Gasteiger partial charge in [-0.2, -0.15) is 0 Å². The molecular weight excluding hydrogens is 973 g/mol. The summed E-state index contributed by atoms with van der Waals surface area (Å²) in [5.41, 5.74) is 0. The molecule has 0 radical (unpaired) electrons. The Bertz CT molecular complexity index is 1320. The highest BCUT2D eigenvalue weighted by Crippen LogP contribution is 2.18. The van der Waals surface area contributed by atoms with Crippen LogP contribution in [0.5, 0.6) is 0 Å². The summed E-state index contributed by atoms with van der Waals surface area (Å²) in [5.74, 6) is -0.847. The Morgan fingerprint density at radius 1 is 0.253 bits per heavy atom. The number of ether oxygens (including phenoxy) is 3. The van der Waals surface area contributed by atoms with Crippen molar-refractivity contribution in [2.75, 3.05) is 13.2 Å². The van der Waals surface area contributed by atoms with E-state index in [1.165, 1.54) is 289 Å². The van der Waals surface area contributed by atoms with E-state index < -0.39 is 6.10 Å². The number of unbranched alkanes of at least 4 members (excludes halogenated alkanes) is 49. The molecule has 0 N–H and O–H groups in total. The molecule has 0 bridgehead atoms. The first kappa shape index (κ1) is 76.6. The summed E-state index contributed by atoms with van der Waals surface area (Å²) >= 11 is 0. The number of rotatable bonds is 66. The van der Waals surface area contributed by atoms with Crippen molar-refractivity contribution in [2.45, 2.75) is 399 Å². The SMILES string of the molecule is CCCCCCC/C=C\C/C=C\CCCCCCCCCCCCCCCCCCCC(=O)OCC(COC(=O)CCCCCCCCC)OC(=O)CCCCCCCCCCCCCCC/C=C\CCCCCCCCCC. The molecule has 0 heterocycles. The van der Waals surface area contributed by atoms with Gasteiger partial charge in [-0.3, -0.25) is 14.4 Å². The molecule has 0 aliphatic heterocycles. The van der Waals surface area contributed by atoms with Crippen LogP contribution in [0.15, 0.2) is 36.5 Å². The van der Waals surface area contributed by atoms with Gasteiger partial charge in [-0.05, 0) is 77.0 Å². The first-order chi connectivity index (χ1) is 39.0. The fraction of sp³-hybridized carbons (Fsp3) is 0.877. The first-order valence-electron chi connectivity index (χ1n) is 35.5. The maximum absolute atomic E-state index is 12.9. The summed E-state index contributed by atoms with van der Waals surface area (Å²) < 4.78 is 16.9. The maximum atomic E-state index is 12.9. The molecule has 0 rings (SSSR count). The van der Waals surface area contributed by atoms with Gasteiger partial charge in [0.15, 0.2) is 6.10 Å². The van der Waals surface area contributed by atoms with Gasteiger partial charge >= 0.3 is 17.9 Å². The van der Waals surface area contributed by atoms with Crippen molar-refractivity contribution in [1.29, 1.82) is 0 Å². The number of hydrogen-bond donors (Lipinski definition) is 0. The average Bonchev–Trinajstić information content (AvgIpc) is 3.45. The summed E-state index contributed by atoms with van der Waals surface area (Å²) in [6.07, 6.45) is 85.0. The van der Waals surface area contributed by atoms with Crippen LogP contribution in [0.25, 0.3) is 0 Å². The second-order valence-electron chi connectivity index (χ2n) is 24.1. The molecule has 0 aliphatic carbocycles. The van der Waals surface area contributed by atoms with Crippen LogP contribution in [0.1, 0.15) is 393 Å². The Morgan fingerprint density at radius 3 is 0.709 bits per heavy atom. The third kappa shape index (κ3) is 66.3. The van der Waals surface area contributed by atoms with Crippen LogP contribution in [0.4, 0.5) is 0 Å². The molecule has 0 fully saturated rings. The molecule has 6 heteroatoms. The molecule has 1 atom stereocenters. The zero-order valence-corrected chi connectivity index (χ0v) is 53.4. The first-order valence-corrected chi connectivity index (χ1v) is 35.5. The number of hydrogen-bond acceptors (Lipinski definition) is 6. The topological polar surface area (TPSA) is 78.9 Å². The average molecular weight is 1110 g/mol. The van der Waals surface area contributed by atoms with Crippen molar-refractivity contribution < 1.29 is 28.6 Å². The van der Waals surface area contributed by atoms with Gasteiger partial charge in [-0.25, -0.2) is 0 Å². The van der Waals surface area contributed by atoms with E-state index in [1.807, 2.05) is 0 Å². The Morgan fingerprint density at radius 2 is 0.456 bits per heavy atom. The predicted molar refractivity (Wildman–Crippen MR) is 344 cm³/mol. The van der Waals surface area contributed by atoms with E-state index in [4.69, 9.17) is 14.2 Å². The second-order valence-corrected chi connectivity index (χ2v) is 24.1. The minimum Gasteiger partial charge on any atom is -0.462 e. The van der Waals surface area contributed by atoms with Gasteiger partial charge in [0.1, 0.15) is 13.2 Å². The van der Waals surface area contributed by atoms with Crippen molar-refractivity contribution in [1.82, 2.24) is 0 Å². The molecule has 79 heavy (non-hydrogen) atoms.